The number of hydrogen-bond donors (Lipinski definition) is 0. The summed E-state index contributed by atoms with van der Waals surface area (Å²) in [5.74, 6) is -0.103. The predicted octanol–water partition coefficient (Wildman–Crippen LogP) is 0.534. The van der Waals surface area contributed by atoms with Crippen LogP contribution < -0.4 is 0 Å². The second kappa shape index (κ2) is 3.38. The van der Waals surface area contributed by atoms with E-state index in [4.69, 9.17) is 0 Å². The van der Waals surface area contributed by atoms with E-state index in [2.05, 4.69) is 4.98 Å². The second-order valence-corrected chi connectivity index (χ2v) is 4.31. The van der Waals surface area contributed by atoms with Gasteiger partial charge in [-0.1, -0.05) is 4.98 Å². The van der Waals surface area contributed by atoms with Gasteiger partial charge in [-0.2, -0.15) is 0 Å². The predicted molar refractivity (Wildman–Crippen MR) is 51.6 cm³/mol. The fourth-order valence-corrected chi connectivity index (χ4v) is 1.24. The van der Waals surface area contributed by atoms with Crippen LogP contribution in [0.1, 0.15) is 5.69 Å². The summed E-state index contributed by atoms with van der Waals surface area (Å²) in [6.45, 7) is 0.720. The van der Waals surface area contributed by atoms with Gasteiger partial charge in [0.05, 0.1) is 28.2 Å². The fourth-order valence-electron chi connectivity index (χ4n) is 1.24. The summed E-state index contributed by atoms with van der Waals surface area (Å²) in [7, 11) is 7.74. The summed E-state index contributed by atoms with van der Waals surface area (Å²) in [5.41, 5.74) is 0.865. The molecule has 0 N–H and O–H groups in total. The molecule has 0 amide bonds. The Morgan fingerprint density at radius 2 is 2.14 bits per heavy atom. The van der Waals surface area contributed by atoms with Gasteiger partial charge in [-0.15, -0.1) is 0 Å². The van der Waals surface area contributed by atoms with E-state index < -0.39 is 4.92 Å². The van der Waals surface area contributed by atoms with E-state index in [1.165, 1.54) is 4.57 Å². The van der Waals surface area contributed by atoms with Crippen LogP contribution in [0.3, 0.4) is 0 Å². The largest absolute Gasteiger partial charge is 0.434 e. The third kappa shape index (κ3) is 2.29. The van der Waals surface area contributed by atoms with E-state index in [-0.39, 0.29) is 5.95 Å². The Hall–Kier alpha value is -1.43. The quantitative estimate of drug-likeness (QED) is 0.405. The molecule has 0 atom stereocenters. The molecule has 14 heavy (non-hydrogen) atoms. The van der Waals surface area contributed by atoms with Crippen molar-refractivity contribution in [2.45, 2.75) is 6.54 Å². The lowest BCUT2D eigenvalue weighted by Gasteiger charge is -2.22. The van der Waals surface area contributed by atoms with Crippen molar-refractivity contribution >= 4 is 5.95 Å². The SMILES string of the molecule is Cn1c(C[N+](C)(C)C)cnc1[N+](=O)[O-]. The molecule has 1 aromatic heterocycles. The molecule has 0 aliphatic carbocycles. The lowest BCUT2D eigenvalue weighted by Crippen LogP contribution is -2.34. The topological polar surface area (TPSA) is 61.0 Å². The fraction of sp³-hybridized carbons (Fsp3) is 0.625. The van der Waals surface area contributed by atoms with E-state index in [1.54, 1.807) is 13.2 Å². The zero-order valence-corrected chi connectivity index (χ0v) is 8.89. The minimum absolute atomic E-state index is 0.103. The number of imidazole rings is 1. The Balaban J connectivity index is 2.96. The van der Waals surface area contributed by atoms with E-state index in [0.717, 1.165) is 16.7 Å². The minimum Gasteiger partial charge on any atom is -0.390 e. The maximum Gasteiger partial charge on any atom is 0.434 e. The van der Waals surface area contributed by atoms with Gasteiger partial charge in [-0.3, -0.25) is 0 Å². The Kier molecular flexibility index (Phi) is 2.57. The van der Waals surface area contributed by atoms with Crippen molar-refractivity contribution < 1.29 is 9.41 Å². The van der Waals surface area contributed by atoms with Crippen molar-refractivity contribution in [2.24, 2.45) is 7.05 Å². The Morgan fingerprint density at radius 1 is 1.57 bits per heavy atom. The molecule has 0 aliphatic heterocycles. The maximum absolute atomic E-state index is 10.5. The van der Waals surface area contributed by atoms with Gasteiger partial charge in [-0.05, 0) is 4.92 Å². The first-order valence-corrected chi connectivity index (χ1v) is 4.27. The normalized spacial score (nSPS) is 11.7. The summed E-state index contributed by atoms with van der Waals surface area (Å²) >= 11 is 0. The van der Waals surface area contributed by atoms with E-state index in [9.17, 15) is 10.1 Å². The van der Waals surface area contributed by atoms with Gasteiger partial charge >= 0.3 is 5.95 Å². The van der Waals surface area contributed by atoms with E-state index in [1.807, 2.05) is 21.1 Å². The second-order valence-electron chi connectivity index (χ2n) is 4.31. The van der Waals surface area contributed by atoms with Crippen molar-refractivity contribution in [3.05, 3.63) is 22.0 Å². The van der Waals surface area contributed by atoms with Crippen LogP contribution in [-0.2, 0) is 13.6 Å². The van der Waals surface area contributed by atoms with Crippen LogP contribution in [0.2, 0.25) is 0 Å². The van der Waals surface area contributed by atoms with Crippen molar-refractivity contribution in [1.29, 1.82) is 0 Å². The molecule has 0 saturated carbocycles. The first kappa shape index (κ1) is 10.6. The molecule has 6 heteroatoms. The molecular weight excluding hydrogens is 184 g/mol. The molecule has 0 bridgehead atoms. The molecule has 1 rings (SSSR count). The van der Waals surface area contributed by atoms with Crippen molar-refractivity contribution in [2.75, 3.05) is 21.1 Å². The summed E-state index contributed by atoms with van der Waals surface area (Å²) in [5, 5.41) is 10.5. The summed E-state index contributed by atoms with van der Waals surface area (Å²) in [6, 6.07) is 0. The van der Waals surface area contributed by atoms with Gasteiger partial charge in [0.1, 0.15) is 12.7 Å². The molecule has 0 spiro atoms. The van der Waals surface area contributed by atoms with Crippen LogP contribution in [0.25, 0.3) is 0 Å². The van der Waals surface area contributed by atoms with Gasteiger partial charge in [0.15, 0.2) is 5.69 Å². The number of nitrogens with zero attached hydrogens (tertiary/aromatic N) is 4. The van der Waals surface area contributed by atoms with Crippen LogP contribution in [0.15, 0.2) is 6.20 Å². The first-order chi connectivity index (χ1) is 6.31. The highest BCUT2D eigenvalue weighted by Gasteiger charge is 2.21. The Labute approximate surface area is 82.5 Å². The molecule has 0 saturated heterocycles. The van der Waals surface area contributed by atoms with Crippen LogP contribution in [0.4, 0.5) is 5.95 Å². The highest BCUT2D eigenvalue weighted by atomic mass is 16.6. The highest BCUT2D eigenvalue weighted by molar-refractivity contribution is 5.13. The lowest BCUT2D eigenvalue weighted by molar-refractivity contribution is -0.884. The minimum atomic E-state index is -0.473. The standard InChI is InChI=1S/C8H15N4O2/c1-10-7(6-12(2,3)4)5-9-8(10)11(13)14/h5H,6H2,1-4H3/q+1. The monoisotopic (exact) mass is 199 g/mol. The van der Waals surface area contributed by atoms with Crippen LogP contribution >= 0.6 is 0 Å². The zero-order chi connectivity index (χ0) is 10.9. The van der Waals surface area contributed by atoms with E-state index >= 15 is 0 Å². The number of rotatable bonds is 3. The Morgan fingerprint density at radius 3 is 2.50 bits per heavy atom. The molecule has 78 valence electrons. The van der Waals surface area contributed by atoms with Gasteiger partial charge in [0.25, 0.3) is 0 Å². The average Bonchev–Trinajstić information content (AvgIpc) is 2.29. The molecular formula is C8H15N4O2+. The number of hydrogen-bond acceptors (Lipinski definition) is 3. The molecule has 1 aromatic rings. The van der Waals surface area contributed by atoms with Crippen molar-refractivity contribution in [1.82, 2.24) is 9.55 Å². The summed E-state index contributed by atoms with van der Waals surface area (Å²) in [6.07, 6.45) is 1.56. The molecule has 1 heterocycles. The molecule has 0 aromatic carbocycles. The van der Waals surface area contributed by atoms with Crippen molar-refractivity contribution in [3.63, 3.8) is 0 Å². The third-order valence-corrected chi connectivity index (χ3v) is 1.86. The molecule has 0 radical (unpaired) electrons. The zero-order valence-electron chi connectivity index (χ0n) is 8.89. The smallest absolute Gasteiger partial charge is 0.390 e. The van der Waals surface area contributed by atoms with Gasteiger partial charge < -0.3 is 14.6 Å². The summed E-state index contributed by atoms with van der Waals surface area (Å²) in [4.78, 5) is 13.8. The molecule has 0 aliphatic rings. The van der Waals surface area contributed by atoms with E-state index in [0.29, 0.717) is 0 Å². The summed E-state index contributed by atoms with van der Waals surface area (Å²) < 4.78 is 2.24. The maximum atomic E-state index is 10.5. The molecule has 6 nitrogen and oxygen atoms in total. The third-order valence-electron chi connectivity index (χ3n) is 1.86. The van der Waals surface area contributed by atoms with Crippen LogP contribution in [0.5, 0.6) is 0 Å². The van der Waals surface area contributed by atoms with Gasteiger partial charge in [0, 0.05) is 0 Å². The van der Waals surface area contributed by atoms with Crippen molar-refractivity contribution in [3.8, 4) is 0 Å². The number of quaternary nitrogens is 1. The van der Waals surface area contributed by atoms with Gasteiger partial charge in [0.2, 0.25) is 0 Å². The average molecular weight is 199 g/mol. The highest BCUT2D eigenvalue weighted by Crippen LogP contribution is 2.13. The van der Waals surface area contributed by atoms with Gasteiger partial charge in [-0.25, -0.2) is 4.57 Å². The molecule has 0 unspecified atom stereocenters. The number of aromatic nitrogens is 2. The lowest BCUT2D eigenvalue weighted by atomic mass is 10.4. The number of nitro groups is 1. The van der Waals surface area contributed by atoms with Crippen LogP contribution in [0, 0.1) is 10.1 Å². The molecule has 0 fully saturated rings. The first-order valence-electron chi connectivity index (χ1n) is 4.27. The Bertz CT molecular complexity index is 351. The van der Waals surface area contributed by atoms with Crippen LogP contribution in [-0.4, -0.2) is 40.1 Å².